The fourth-order valence-corrected chi connectivity index (χ4v) is 4.58. The van der Waals surface area contributed by atoms with Gasteiger partial charge in [-0.25, -0.2) is 0 Å². The lowest BCUT2D eigenvalue weighted by Gasteiger charge is -2.28. The lowest BCUT2D eigenvalue weighted by Crippen LogP contribution is -2.32. The van der Waals surface area contributed by atoms with Crippen LogP contribution in [0.4, 0.5) is 5.95 Å². The first kappa shape index (κ1) is 21.4. The van der Waals surface area contributed by atoms with E-state index in [0.717, 1.165) is 35.4 Å². The van der Waals surface area contributed by atoms with Gasteiger partial charge in [0, 0.05) is 19.6 Å². The molecule has 0 saturated carbocycles. The summed E-state index contributed by atoms with van der Waals surface area (Å²) in [6.45, 7) is 6.49. The van der Waals surface area contributed by atoms with Crippen LogP contribution in [-0.4, -0.2) is 39.0 Å². The molecule has 1 amide bonds. The Bertz CT molecular complexity index is 997. The molecule has 1 fully saturated rings. The van der Waals surface area contributed by atoms with Crippen LogP contribution >= 0.6 is 11.8 Å². The van der Waals surface area contributed by atoms with Crippen molar-refractivity contribution in [3.8, 4) is 5.69 Å². The average molecular weight is 436 g/mol. The van der Waals surface area contributed by atoms with E-state index in [9.17, 15) is 4.79 Å². The van der Waals surface area contributed by atoms with Crippen molar-refractivity contribution in [2.75, 3.05) is 18.0 Å². The van der Waals surface area contributed by atoms with E-state index in [0.29, 0.717) is 6.54 Å². The van der Waals surface area contributed by atoms with E-state index in [1.54, 1.807) is 0 Å². The zero-order valence-corrected chi connectivity index (χ0v) is 18.9. The van der Waals surface area contributed by atoms with Gasteiger partial charge in [-0.1, -0.05) is 59.8 Å². The monoisotopic (exact) mass is 435 g/mol. The maximum Gasteiger partial charge on any atom is 0.233 e. The lowest BCUT2D eigenvalue weighted by atomic mass is 10.1. The summed E-state index contributed by atoms with van der Waals surface area (Å²) in [5.74, 6) is 0.856. The predicted molar refractivity (Wildman–Crippen MR) is 126 cm³/mol. The molecular weight excluding hydrogens is 406 g/mol. The van der Waals surface area contributed by atoms with Crippen LogP contribution < -0.4 is 10.2 Å². The predicted octanol–water partition coefficient (Wildman–Crippen LogP) is 4.36. The normalized spacial score (nSPS) is 15.0. The van der Waals surface area contributed by atoms with Crippen LogP contribution in [0.3, 0.4) is 0 Å². The van der Waals surface area contributed by atoms with Crippen molar-refractivity contribution in [3.63, 3.8) is 0 Å². The third kappa shape index (κ3) is 5.28. The van der Waals surface area contributed by atoms with Gasteiger partial charge in [-0.05, 0) is 50.8 Å². The highest BCUT2D eigenvalue weighted by Gasteiger charge is 2.24. The number of aromatic nitrogens is 3. The lowest BCUT2D eigenvalue weighted by molar-refractivity contribution is -0.120. The number of hydrogen-bond acceptors (Lipinski definition) is 5. The first-order chi connectivity index (χ1) is 15.1. The van der Waals surface area contributed by atoms with Crippen molar-refractivity contribution in [3.05, 3.63) is 65.7 Å². The van der Waals surface area contributed by atoms with Gasteiger partial charge >= 0.3 is 0 Å². The SMILES string of the molecule is Cc1ccc(-n2c(SC(C)C(=O)NCc3ccccc3)nnc2N2CCCCC2)cc1. The minimum absolute atomic E-state index is 0.00756. The third-order valence-electron chi connectivity index (χ3n) is 5.51. The highest BCUT2D eigenvalue weighted by atomic mass is 32.2. The number of amides is 1. The summed E-state index contributed by atoms with van der Waals surface area (Å²) in [7, 11) is 0. The van der Waals surface area contributed by atoms with Crippen LogP contribution in [-0.2, 0) is 11.3 Å². The molecular formula is C24H29N5OS. The van der Waals surface area contributed by atoms with Crippen molar-refractivity contribution in [1.82, 2.24) is 20.1 Å². The molecule has 3 aromatic rings. The highest BCUT2D eigenvalue weighted by Crippen LogP contribution is 2.30. The summed E-state index contributed by atoms with van der Waals surface area (Å²) in [6.07, 6.45) is 3.60. The van der Waals surface area contributed by atoms with Gasteiger partial charge in [0.1, 0.15) is 0 Å². The molecule has 1 aliphatic heterocycles. The molecule has 0 radical (unpaired) electrons. The third-order valence-corrected chi connectivity index (χ3v) is 6.55. The molecule has 0 bridgehead atoms. The summed E-state index contributed by atoms with van der Waals surface area (Å²) in [5.41, 5.74) is 3.32. The number of nitrogens with one attached hydrogen (secondary N) is 1. The fourth-order valence-electron chi connectivity index (χ4n) is 3.70. The Balaban J connectivity index is 1.53. The molecule has 1 atom stereocenters. The quantitative estimate of drug-likeness (QED) is 0.559. The Morgan fingerprint density at radius 1 is 1.03 bits per heavy atom. The molecule has 1 aromatic heterocycles. The van der Waals surface area contributed by atoms with Crippen LogP contribution in [0.1, 0.15) is 37.3 Å². The fraction of sp³-hybridized carbons (Fsp3) is 0.375. The highest BCUT2D eigenvalue weighted by molar-refractivity contribution is 8.00. The van der Waals surface area contributed by atoms with Gasteiger partial charge in [-0.3, -0.25) is 9.36 Å². The van der Waals surface area contributed by atoms with E-state index in [1.165, 1.54) is 36.6 Å². The molecule has 0 spiro atoms. The van der Waals surface area contributed by atoms with Crippen molar-refractivity contribution < 1.29 is 4.79 Å². The molecule has 1 unspecified atom stereocenters. The van der Waals surface area contributed by atoms with Gasteiger partial charge in [-0.2, -0.15) is 0 Å². The van der Waals surface area contributed by atoms with Crippen molar-refractivity contribution in [2.45, 2.75) is 50.1 Å². The second-order valence-electron chi connectivity index (χ2n) is 7.96. The number of nitrogens with zero attached hydrogens (tertiary/aromatic N) is 4. The number of anilines is 1. The Kier molecular flexibility index (Phi) is 6.92. The molecule has 2 heterocycles. The molecule has 6 nitrogen and oxygen atoms in total. The largest absolute Gasteiger partial charge is 0.351 e. The molecule has 1 N–H and O–H groups in total. The molecule has 7 heteroatoms. The minimum atomic E-state index is -0.286. The summed E-state index contributed by atoms with van der Waals surface area (Å²) in [5, 5.41) is 12.5. The smallest absolute Gasteiger partial charge is 0.233 e. The van der Waals surface area contributed by atoms with E-state index in [-0.39, 0.29) is 11.2 Å². The van der Waals surface area contributed by atoms with Crippen molar-refractivity contribution >= 4 is 23.6 Å². The van der Waals surface area contributed by atoms with Crippen molar-refractivity contribution in [2.24, 2.45) is 0 Å². The number of thioether (sulfide) groups is 1. The van der Waals surface area contributed by atoms with Crippen molar-refractivity contribution in [1.29, 1.82) is 0 Å². The van der Waals surface area contributed by atoms with Gasteiger partial charge in [0.25, 0.3) is 0 Å². The van der Waals surface area contributed by atoms with E-state index in [4.69, 9.17) is 0 Å². The molecule has 1 saturated heterocycles. The Hall–Kier alpha value is -2.80. The molecule has 4 rings (SSSR count). The van der Waals surface area contributed by atoms with Crippen LogP contribution in [0.25, 0.3) is 5.69 Å². The summed E-state index contributed by atoms with van der Waals surface area (Å²) in [6, 6.07) is 18.3. The number of rotatable bonds is 7. The molecule has 162 valence electrons. The van der Waals surface area contributed by atoms with Gasteiger partial charge in [0.15, 0.2) is 5.16 Å². The Labute approximate surface area is 188 Å². The molecule has 0 aliphatic carbocycles. The maximum absolute atomic E-state index is 12.7. The average Bonchev–Trinajstić information content (AvgIpc) is 3.22. The zero-order chi connectivity index (χ0) is 21.6. The van der Waals surface area contributed by atoms with Gasteiger partial charge in [0.2, 0.25) is 11.9 Å². The number of benzene rings is 2. The number of aryl methyl sites for hydroxylation is 1. The standard InChI is InChI=1S/C24H29N5OS/c1-18-11-13-21(14-12-18)29-23(28-15-7-4-8-16-28)26-27-24(29)31-19(2)22(30)25-17-20-9-5-3-6-10-20/h3,5-6,9-14,19H,4,7-8,15-17H2,1-2H3,(H,25,30). The van der Waals surface area contributed by atoms with E-state index in [1.807, 2.05) is 37.3 Å². The number of carbonyl (C=O) groups excluding carboxylic acids is 1. The van der Waals surface area contributed by atoms with Gasteiger partial charge in [0.05, 0.1) is 10.9 Å². The topological polar surface area (TPSA) is 63.1 Å². The number of carbonyl (C=O) groups is 1. The van der Waals surface area contributed by atoms with Crippen LogP contribution in [0.5, 0.6) is 0 Å². The first-order valence-electron chi connectivity index (χ1n) is 10.9. The second kappa shape index (κ2) is 10.0. The number of hydrogen-bond donors (Lipinski definition) is 1. The first-order valence-corrected chi connectivity index (χ1v) is 11.8. The molecule has 31 heavy (non-hydrogen) atoms. The Morgan fingerprint density at radius 3 is 2.45 bits per heavy atom. The van der Waals surface area contributed by atoms with Crippen LogP contribution in [0, 0.1) is 6.92 Å². The summed E-state index contributed by atoms with van der Waals surface area (Å²) in [4.78, 5) is 15.0. The summed E-state index contributed by atoms with van der Waals surface area (Å²) < 4.78 is 2.09. The summed E-state index contributed by atoms with van der Waals surface area (Å²) >= 11 is 1.45. The van der Waals surface area contributed by atoms with Crippen LogP contribution in [0.2, 0.25) is 0 Å². The second-order valence-corrected chi connectivity index (χ2v) is 9.27. The molecule has 2 aromatic carbocycles. The van der Waals surface area contributed by atoms with Gasteiger partial charge < -0.3 is 10.2 Å². The van der Waals surface area contributed by atoms with Gasteiger partial charge in [-0.15, -0.1) is 10.2 Å². The van der Waals surface area contributed by atoms with Crippen LogP contribution in [0.15, 0.2) is 59.8 Å². The zero-order valence-electron chi connectivity index (χ0n) is 18.1. The van der Waals surface area contributed by atoms with E-state index in [2.05, 4.69) is 56.2 Å². The van der Waals surface area contributed by atoms with E-state index >= 15 is 0 Å². The molecule has 1 aliphatic rings. The minimum Gasteiger partial charge on any atom is -0.351 e. The Morgan fingerprint density at radius 2 is 1.74 bits per heavy atom. The number of piperidine rings is 1. The maximum atomic E-state index is 12.7. The van der Waals surface area contributed by atoms with E-state index < -0.39 is 0 Å².